The van der Waals surface area contributed by atoms with Gasteiger partial charge in [0.1, 0.15) is 11.4 Å². The third-order valence-corrected chi connectivity index (χ3v) is 7.86. The van der Waals surface area contributed by atoms with Crippen molar-refractivity contribution in [1.82, 2.24) is 15.1 Å². The van der Waals surface area contributed by atoms with Gasteiger partial charge in [0.05, 0.1) is 18.8 Å². The maximum atomic E-state index is 13.4. The van der Waals surface area contributed by atoms with Crippen molar-refractivity contribution in [2.24, 2.45) is 5.92 Å². The smallest absolute Gasteiger partial charge is 0.409 e. The van der Waals surface area contributed by atoms with Crippen LogP contribution in [-0.4, -0.2) is 52.8 Å². The normalized spacial score (nSPS) is 20.0. The summed E-state index contributed by atoms with van der Waals surface area (Å²) in [6.07, 6.45) is 4.17. The molecule has 1 saturated heterocycles. The van der Waals surface area contributed by atoms with Gasteiger partial charge in [0.15, 0.2) is 5.78 Å². The maximum absolute atomic E-state index is 13.4. The number of amides is 1. The molecule has 178 valence electrons. The molecule has 2 atom stereocenters. The van der Waals surface area contributed by atoms with Crippen LogP contribution in [0, 0.1) is 5.92 Å². The fraction of sp³-hybridized carbons (Fsp3) is 0.423. The zero-order valence-electron chi connectivity index (χ0n) is 19.3. The number of halogens is 1. The van der Waals surface area contributed by atoms with Crippen LogP contribution in [0.1, 0.15) is 54.4 Å². The van der Waals surface area contributed by atoms with E-state index >= 15 is 0 Å². The second-order valence-electron chi connectivity index (χ2n) is 9.48. The third kappa shape index (κ3) is 4.19. The molecule has 34 heavy (non-hydrogen) atoms. The van der Waals surface area contributed by atoms with Gasteiger partial charge in [-0.15, -0.1) is 0 Å². The molecule has 0 radical (unpaired) electrons. The number of piperidine rings is 1. The Morgan fingerprint density at radius 3 is 2.85 bits per heavy atom. The highest BCUT2D eigenvalue weighted by Crippen LogP contribution is 2.49. The van der Waals surface area contributed by atoms with Gasteiger partial charge in [0.25, 0.3) is 0 Å². The van der Waals surface area contributed by atoms with Gasteiger partial charge in [0.2, 0.25) is 0 Å². The lowest BCUT2D eigenvalue weighted by Crippen LogP contribution is -2.52. The Morgan fingerprint density at radius 2 is 2.09 bits per heavy atom. The zero-order chi connectivity index (χ0) is 23.9. The molecule has 1 unspecified atom stereocenters. The highest BCUT2D eigenvalue weighted by molar-refractivity contribution is 9.10. The summed E-state index contributed by atoms with van der Waals surface area (Å²) >= 11 is 3.60. The van der Waals surface area contributed by atoms with Crippen molar-refractivity contribution < 1.29 is 19.1 Å². The molecular weight excluding hydrogens is 498 g/mol. The number of ether oxygens (including phenoxy) is 2. The number of carbonyl (C=O) groups is 2. The number of rotatable bonds is 4. The number of nitrogens with one attached hydrogen (secondary N) is 1. The summed E-state index contributed by atoms with van der Waals surface area (Å²) in [4.78, 5) is 27.1. The van der Waals surface area contributed by atoms with Crippen LogP contribution in [0.25, 0.3) is 10.9 Å². The zero-order valence-corrected chi connectivity index (χ0v) is 20.9. The van der Waals surface area contributed by atoms with Crippen molar-refractivity contribution in [3.05, 3.63) is 58.2 Å². The van der Waals surface area contributed by atoms with Gasteiger partial charge in [-0.05, 0) is 48.1 Å². The minimum absolute atomic E-state index is 0.109. The standard InChI is InChI=1S/C26H28BrN3O4/c1-16(12-22(31)19-5-3-4-17-15-28-29-24(17)19)21-14-26(8-10-30(11-9-26)25(32)33-2)34-23-7-6-18(27)13-20(21)23/h3-7,13,15-16,21H,8-12,14H2,1-2H3,(H,28,29)/t16?,21-/m1/s1. The highest BCUT2D eigenvalue weighted by atomic mass is 79.9. The number of H-pyrrole nitrogens is 1. The SMILES string of the molecule is COC(=O)N1CCC2(CC1)C[C@H](C(C)CC(=O)c1cccc3cn[nH]c13)c1cc(Br)ccc1O2. The molecule has 0 aliphatic carbocycles. The van der Waals surface area contributed by atoms with E-state index in [1.807, 2.05) is 30.3 Å². The molecule has 7 nitrogen and oxygen atoms in total. The quantitative estimate of drug-likeness (QED) is 0.441. The van der Waals surface area contributed by atoms with Crippen LogP contribution in [0.5, 0.6) is 5.75 Å². The van der Waals surface area contributed by atoms with Gasteiger partial charge in [0, 0.05) is 47.8 Å². The number of ketones is 1. The average Bonchev–Trinajstić information content (AvgIpc) is 3.33. The van der Waals surface area contributed by atoms with Crippen molar-refractivity contribution in [3.8, 4) is 5.75 Å². The molecule has 2 aliphatic heterocycles. The van der Waals surface area contributed by atoms with E-state index in [1.54, 1.807) is 11.1 Å². The Balaban J connectivity index is 1.40. The second-order valence-corrected chi connectivity index (χ2v) is 10.4. The minimum Gasteiger partial charge on any atom is -0.487 e. The van der Waals surface area contributed by atoms with Crippen molar-refractivity contribution >= 4 is 38.7 Å². The fourth-order valence-electron chi connectivity index (χ4n) is 5.47. The van der Waals surface area contributed by atoms with Crippen LogP contribution in [-0.2, 0) is 4.74 Å². The Hall–Kier alpha value is -2.87. The number of para-hydroxylation sites is 1. The molecule has 1 spiro atoms. The predicted octanol–water partition coefficient (Wildman–Crippen LogP) is 5.70. The molecule has 3 heterocycles. The van der Waals surface area contributed by atoms with Crippen LogP contribution in [0.3, 0.4) is 0 Å². The van der Waals surface area contributed by atoms with E-state index < -0.39 is 0 Å². The molecule has 1 fully saturated rings. The maximum Gasteiger partial charge on any atom is 0.409 e. The largest absolute Gasteiger partial charge is 0.487 e. The van der Waals surface area contributed by atoms with E-state index in [-0.39, 0.29) is 29.3 Å². The number of benzene rings is 2. The fourth-order valence-corrected chi connectivity index (χ4v) is 5.85. The Bertz CT molecular complexity index is 1230. The van der Waals surface area contributed by atoms with Crippen molar-refractivity contribution in [2.45, 2.75) is 44.1 Å². The number of aromatic amines is 1. The number of hydrogen-bond donors (Lipinski definition) is 1. The molecule has 1 amide bonds. The average molecular weight is 526 g/mol. The van der Waals surface area contributed by atoms with E-state index in [2.05, 4.69) is 39.1 Å². The van der Waals surface area contributed by atoms with Gasteiger partial charge in [-0.3, -0.25) is 9.89 Å². The topological polar surface area (TPSA) is 84.5 Å². The summed E-state index contributed by atoms with van der Waals surface area (Å²) in [6.45, 7) is 3.35. The summed E-state index contributed by atoms with van der Waals surface area (Å²) in [5.41, 5.74) is 2.26. The highest BCUT2D eigenvalue weighted by Gasteiger charge is 2.45. The third-order valence-electron chi connectivity index (χ3n) is 7.37. The first-order chi connectivity index (χ1) is 16.4. The first-order valence-electron chi connectivity index (χ1n) is 11.7. The molecule has 2 aliphatic rings. The number of carbonyl (C=O) groups excluding carboxylic acids is 2. The van der Waals surface area contributed by atoms with Gasteiger partial charge in [-0.25, -0.2) is 4.79 Å². The first-order valence-corrected chi connectivity index (χ1v) is 12.4. The molecule has 0 bridgehead atoms. The predicted molar refractivity (Wildman–Crippen MR) is 132 cm³/mol. The Morgan fingerprint density at radius 1 is 1.29 bits per heavy atom. The number of hydrogen-bond acceptors (Lipinski definition) is 5. The number of Topliss-reactive ketones (excluding diaryl/α,β-unsaturated/α-hetero) is 1. The molecule has 3 aromatic rings. The molecule has 2 aromatic carbocycles. The summed E-state index contributed by atoms with van der Waals surface area (Å²) < 4.78 is 12.5. The van der Waals surface area contributed by atoms with Gasteiger partial charge >= 0.3 is 6.09 Å². The summed E-state index contributed by atoms with van der Waals surface area (Å²) in [7, 11) is 1.41. The van der Waals surface area contributed by atoms with E-state index in [0.717, 1.165) is 46.0 Å². The molecule has 5 rings (SSSR count). The van der Waals surface area contributed by atoms with Crippen LogP contribution in [0.15, 0.2) is 47.1 Å². The summed E-state index contributed by atoms with van der Waals surface area (Å²) in [5.74, 6) is 1.26. The number of methoxy groups -OCH3 is 1. The monoisotopic (exact) mass is 525 g/mol. The van der Waals surface area contributed by atoms with Crippen LogP contribution in [0.2, 0.25) is 0 Å². The minimum atomic E-state index is -0.350. The van der Waals surface area contributed by atoms with Crippen molar-refractivity contribution in [1.29, 1.82) is 0 Å². The summed E-state index contributed by atoms with van der Waals surface area (Å²) in [5, 5.41) is 8.01. The lowest BCUT2D eigenvalue weighted by Gasteiger charge is -2.47. The molecule has 8 heteroatoms. The van der Waals surface area contributed by atoms with Gasteiger partial charge in [-0.2, -0.15) is 5.10 Å². The molecular formula is C26H28BrN3O4. The van der Waals surface area contributed by atoms with Crippen molar-refractivity contribution in [3.63, 3.8) is 0 Å². The van der Waals surface area contributed by atoms with E-state index in [4.69, 9.17) is 9.47 Å². The number of likely N-dealkylation sites (tertiary alicyclic amines) is 1. The number of fused-ring (bicyclic) bond motifs is 2. The molecule has 1 N–H and O–H groups in total. The summed E-state index contributed by atoms with van der Waals surface area (Å²) in [6, 6.07) is 11.9. The lowest BCUT2D eigenvalue weighted by atomic mass is 9.71. The van der Waals surface area contributed by atoms with E-state index in [9.17, 15) is 9.59 Å². The van der Waals surface area contributed by atoms with Gasteiger partial charge < -0.3 is 14.4 Å². The van der Waals surface area contributed by atoms with E-state index in [1.165, 1.54) is 7.11 Å². The van der Waals surface area contributed by atoms with Crippen LogP contribution < -0.4 is 4.74 Å². The molecule has 1 aromatic heterocycles. The Labute approximate surface area is 206 Å². The van der Waals surface area contributed by atoms with Gasteiger partial charge in [-0.1, -0.05) is 35.0 Å². The first kappa shape index (κ1) is 22.9. The second kappa shape index (κ2) is 9.06. The number of nitrogens with zero attached hydrogens (tertiary/aromatic N) is 2. The number of aromatic nitrogens is 2. The van der Waals surface area contributed by atoms with Crippen molar-refractivity contribution in [2.75, 3.05) is 20.2 Å². The van der Waals surface area contributed by atoms with E-state index in [0.29, 0.717) is 25.1 Å². The van der Waals surface area contributed by atoms with Crippen LogP contribution in [0.4, 0.5) is 4.79 Å². The Kier molecular flexibility index (Phi) is 6.10. The van der Waals surface area contributed by atoms with Crippen LogP contribution >= 0.6 is 15.9 Å². The lowest BCUT2D eigenvalue weighted by molar-refractivity contribution is -0.0247. The molecule has 0 saturated carbocycles.